The minimum atomic E-state index is -0.487. The molecule has 0 radical (unpaired) electrons. The van der Waals surface area contributed by atoms with Gasteiger partial charge in [0.2, 0.25) is 0 Å². The fourth-order valence-corrected chi connectivity index (χ4v) is 3.68. The first-order valence-corrected chi connectivity index (χ1v) is 11.0. The van der Waals surface area contributed by atoms with Gasteiger partial charge < -0.3 is 10.4 Å². The van der Waals surface area contributed by atoms with Crippen molar-refractivity contribution in [1.82, 2.24) is 14.8 Å². The number of aryl methyl sites for hydroxylation is 1. The maximum Gasteiger partial charge on any atom is 0.259 e. The van der Waals surface area contributed by atoms with Crippen molar-refractivity contribution in [3.63, 3.8) is 0 Å². The van der Waals surface area contributed by atoms with Crippen molar-refractivity contribution in [1.29, 1.82) is 0 Å². The standard InChI is InChI=1S/C27H19N7O2/c1-17-10-12-19(13-11-17)31-27(36)21-15-18-7-3-4-8-20(18)24(25(21)35)32-33-26-22(28-2)16-30-34(26)23-9-5-6-14-29-23/h3-16,35H,1H3,(H,31,36). The first kappa shape index (κ1) is 22.4. The van der Waals surface area contributed by atoms with E-state index in [0.29, 0.717) is 22.3 Å². The second kappa shape index (κ2) is 9.48. The summed E-state index contributed by atoms with van der Waals surface area (Å²) in [4.78, 5) is 20.8. The smallest absolute Gasteiger partial charge is 0.259 e. The summed E-state index contributed by atoms with van der Waals surface area (Å²) in [7, 11) is 0. The van der Waals surface area contributed by atoms with E-state index >= 15 is 0 Å². The van der Waals surface area contributed by atoms with Crippen LogP contribution in [0.2, 0.25) is 0 Å². The Balaban J connectivity index is 1.60. The number of nitrogens with one attached hydrogen (secondary N) is 1. The number of amides is 1. The molecule has 174 valence electrons. The van der Waals surface area contributed by atoms with Gasteiger partial charge in [0, 0.05) is 17.3 Å². The predicted octanol–water partition coefficient (Wildman–Crippen LogP) is 6.65. The van der Waals surface area contributed by atoms with E-state index in [1.807, 2.05) is 31.2 Å². The number of nitrogens with zero attached hydrogens (tertiary/aromatic N) is 6. The minimum Gasteiger partial charge on any atom is -0.505 e. The summed E-state index contributed by atoms with van der Waals surface area (Å²) < 4.78 is 1.39. The van der Waals surface area contributed by atoms with Crippen molar-refractivity contribution < 1.29 is 9.90 Å². The zero-order valence-electron chi connectivity index (χ0n) is 19.1. The Bertz CT molecular complexity index is 1650. The van der Waals surface area contributed by atoms with Crippen LogP contribution < -0.4 is 5.32 Å². The number of rotatable bonds is 5. The van der Waals surface area contributed by atoms with E-state index < -0.39 is 5.91 Å². The van der Waals surface area contributed by atoms with Crippen LogP contribution in [0.5, 0.6) is 5.75 Å². The lowest BCUT2D eigenvalue weighted by atomic mass is 10.0. The fourth-order valence-electron chi connectivity index (χ4n) is 3.68. The number of anilines is 1. The molecule has 0 unspecified atom stereocenters. The summed E-state index contributed by atoms with van der Waals surface area (Å²) in [5.74, 6) is -0.197. The summed E-state index contributed by atoms with van der Waals surface area (Å²) in [6.45, 7) is 9.43. The van der Waals surface area contributed by atoms with Gasteiger partial charge in [-0.25, -0.2) is 14.5 Å². The second-order valence-corrected chi connectivity index (χ2v) is 7.93. The van der Waals surface area contributed by atoms with Gasteiger partial charge >= 0.3 is 0 Å². The Morgan fingerprint density at radius 3 is 2.58 bits per heavy atom. The largest absolute Gasteiger partial charge is 0.505 e. The Morgan fingerprint density at radius 2 is 1.83 bits per heavy atom. The zero-order chi connectivity index (χ0) is 25.1. The van der Waals surface area contributed by atoms with E-state index in [1.54, 1.807) is 54.7 Å². The van der Waals surface area contributed by atoms with Gasteiger partial charge in [-0.1, -0.05) is 48.0 Å². The number of carbonyl (C=O) groups is 1. The topological polar surface area (TPSA) is 109 Å². The van der Waals surface area contributed by atoms with E-state index in [1.165, 1.54) is 10.9 Å². The highest BCUT2D eigenvalue weighted by molar-refractivity contribution is 6.11. The number of phenols is 1. The van der Waals surface area contributed by atoms with Gasteiger partial charge in [0.05, 0.1) is 18.3 Å². The van der Waals surface area contributed by atoms with Crippen molar-refractivity contribution in [2.24, 2.45) is 10.2 Å². The number of aromatic hydroxyl groups is 1. The van der Waals surface area contributed by atoms with Gasteiger partial charge in [-0.2, -0.15) is 5.10 Å². The van der Waals surface area contributed by atoms with E-state index in [4.69, 9.17) is 6.57 Å². The van der Waals surface area contributed by atoms with Crippen LogP contribution in [0, 0.1) is 13.5 Å². The molecule has 0 aliphatic carbocycles. The summed E-state index contributed by atoms with van der Waals surface area (Å²) in [5, 5.41) is 28.0. The third-order valence-corrected chi connectivity index (χ3v) is 5.51. The lowest BCUT2D eigenvalue weighted by Gasteiger charge is -2.11. The number of aromatic nitrogens is 3. The molecule has 9 nitrogen and oxygen atoms in total. The van der Waals surface area contributed by atoms with E-state index in [9.17, 15) is 9.90 Å². The molecule has 1 amide bonds. The first-order chi connectivity index (χ1) is 17.5. The lowest BCUT2D eigenvalue weighted by Crippen LogP contribution is -2.12. The monoisotopic (exact) mass is 473 g/mol. The highest BCUT2D eigenvalue weighted by atomic mass is 16.3. The number of carbonyl (C=O) groups excluding carboxylic acids is 1. The fraction of sp³-hybridized carbons (Fsp3) is 0.0370. The molecule has 0 bridgehead atoms. The Hall–Kier alpha value is -5.36. The maximum atomic E-state index is 13.1. The van der Waals surface area contributed by atoms with Crippen LogP contribution in [0.15, 0.2) is 95.4 Å². The third kappa shape index (κ3) is 4.26. The van der Waals surface area contributed by atoms with Gasteiger partial charge in [0.1, 0.15) is 5.69 Å². The molecule has 0 fully saturated rings. The highest BCUT2D eigenvalue weighted by Gasteiger charge is 2.19. The number of fused-ring (bicyclic) bond motifs is 1. The molecule has 5 aromatic rings. The molecule has 36 heavy (non-hydrogen) atoms. The van der Waals surface area contributed by atoms with Crippen LogP contribution in [0.1, 0.15) is 15.9 Å². The third-order valence-electron chi connectivity index (χ3n) is 5.51. The van der Waals surface area contributed by atoms with Crippen molar-refractivity contribution >= 4 is 39.6 Å². The SMILES string of the molecule is [C-]#[N+]c1cnn(-c2ccccn2)c1N=Nc1c(O)c(C(=O)Nc2ccc(C)cc2)cc2ccccc12. The minimum absolute atomic E-state index is 0.0480. The van der Waals surface area contributed by atoms with Crippen molar-refractivity contribution in [3.05, 3.63) is 108 Å². The van der Waals surface area contributed by atoms with Crippen LogP contribution in [0.25, 0.3) is 21.4 Å². The second-order valence-electron chi connectivity index (χ2n) is 7.93. The van der Waals surface area contributed by atoms with Gasteiger partial charge in [0.15, 0.2) is 17.4 Å². The molecule has 0 aliphatic rings. The number of pyridine rings is 1. The van der Waals surface area contributed by atoms with Crippen LogP contribution in [-0.4, -0.2) is 25.8 Å². The number of hydrogen-bond donors (Lipinski definition) is 2. The summed E-state index contributed by atoms with van der Waals surface area (Å²) >= 11 is 0. The molecule has 3 aromatic carbocycles. The van der Waals surface area contributed by atoms with Crippen molar-refractivity contribution in [3.8, 4) is 11.6 Å². The van der Waals surface area contributed by atoms with Crippen LogP contribution in [-0.2, 0) is 0 Å². The van der Waals surface area contributed by atoms with Gasteiger partial charge in [-0.05, 0) is 42.6 Å². The number of benzene rings is 3. The quantitative estimate of drug-likeness (QED) is 0.220. The highest BCUT2D eigenvalue weighted by Crippen LogP contribution is 2.40. The molecule has 0 atom stereocenters. The molecule has 2 heterocycles. The summed E-state index contributed by atoms with van der Waals surface area (Å²) in [5.41, 5.74) is 1.98. The van der Waals surface area contributed by atoms with E-state index in [2.05, 4.69) is 30.5 Å². The Kier molecular flexibility index (Phi) is 5.91. The van der Waals surface area contributed by atoms with Gasteiger partial charge in [-0.3, -0.25) is 4.79 Å². The Labute approximate surface area is 206 Å². The molecule has 5 rings (SSSR count). The van der Waals surface area contributed by atoms with Crippen molar-refractivity contribution in [2.45, 2.75) is 6.92 Å². The van der Waals surface area contributed by atoms with Crippen molar-refractivity contribution in [2.75, 3.05) is 5.32 Å². The average Bonchev–Trinajstić information content (AvgIpc) is 3.32. The Morgan fingerprint density at radius 1 is 1.06 bits per heavy atom. The molecule has 0 saturated carbocycles. The van der Waals surface area contributed by atoms with Gasteiger partial charge in [0.25, 0.3) is 11.6 Å². The molecule has 2 aromatic heterocycles. The summed E-state index contributed by atoms with van der Waals surface area (Å²) in [6, 6.07) is 21.5. The summed E-state index contributed by atoms with van der Waals surface area (Å²) in [6.07, 6.45) is 2.98. The van der Waals surface area contributed by atoms with Gasteiger partial charge in [-0.15, -0.1) is 10.2 Å². The molecular formula is C27H19N7O2. The van der Waals surface area contributed by atoms with Crippen LogP contribution >= 0.6 is 0 Å². The molecule has 0 aliphatic heterocycles. The molecule has 0 saturated heterocycles. The molecule has 2 N–H and O–H groups in total. The zero-order valence-corrected chi connectivity index (χ0v) is 19.1. The normalized spacial score (nSPS) is 11.0. The first-order valence-electron chi connectivity index (χ1n) is 11.0. The van der Waals surface area contributed by atoms with Crippen LogP contribution in [0.3, 0.4) is 0 Å². The van der Waals surface area contributed by atoms with E-state index in [0.717, 1.165) is 5.56 Å². The molecule has 0 spiro atoms. The predicted molar refractivity (Wildman–Crippen MR) is 137 cm³/mol. The van der Waals surface area contributed by atoms with E-state index in [-0.39, 0.29) is 28.5 Å². The molecular weight excluding hydrogens is 454 g/mol. The molecule has 9 heteroatoms. The number of azo groups is 1. The average molecular weight is 473 g/mol. The number of hydrogen-bond acceptors (Lipinski definition) is 6. The maximum absolute atomic E-state index is 13.1. The van der Waals surface area contributed by atoms with Crippen LogP contribution in [0.4, 0.5) is 22.9 Å². The lowest BCUT2D eigenvalue weighted by molar-refractivity contribution is 0.102. The number of phenolic OH excluding ortho intramolecular Hbond substituents is 1.